The number of rotatable bonds is 5. The van der Waals surface area contributed by atoms with Crippen LogP contribution in [0.25, 0.3) is 6.08 Å². The van der Waals surface area contributed by atoms with E-state index in [1.807, 2.05) is 6.08 Å². The van der Waals surface area contributed by atoms with Crippen molar-refractivity contribution in [2.75, 3.05) is 0 Å². The maximum atomic E-state index is 5.70. The molecule has 0 unspecified atom stereocenters. The summed E-state index contributed by atoms with van der Waals surface area (Å²) in [6.45, 7) is 4.25. The molecule has 0 aliphatic carbocycles. The Labute approximate surface area is 107 Å². The van der Waals surface area contributed by atoms with Gasteiger partial charge in [0.05, 0.1) is 0 Å². The van der Waals surface area contributed by atoms with Crippen LogP contribution >= 0.6 is 23.6 Å². The lowest BCUT2D eigenvalue weighted by Crippen LogP contribution is -2.09. The molecule has 0 bridgehead atoms. The fraction of sp³-hybridized carbons (Fsp3) is 0.308. The third kappa shape index (κ3) is 3.91. The van der Waals surface area contributed by atoms with Crippen LogP contribution in [0.15, 0.2) is 29.2 Å². The van der Waals surface area contributed by atoms with Crippen molar-refractivity contribution >= 4 is 34.6 Å². The number of aryl methyl sites for hydroxylation is 1. The Hall–Kier alpha value is -0.930. The zero-order chi connectivity index (χ0) is 12.0. The van der Waals surface area contributed by atoms with E-state index in [0.29, 0.717) is 4.99 Å². The number of unbranched alkanes of at least 4 members (excludes halogenated alkanes) is 1. The van der Waals surface area contributed by atoms with Gasteiger partial charge in [-0.1, -0.05) is 37.7 Å². The van der Waals surface area contributed by atoms with Gasteiger partial charge in [-0.3, -0.25) is 0 Å². The van der Waals surface area contributed by atoms with Gasteiger partial charge in [0.1, 0.15) is 4.99 Å². The second-order valence-electron chi connectivity index (χ2n) is 3.59. The van der Waals surface area contributed by atoms with Gasteiger partial charge in [0.25, 0.3) is 0 Å². The van der Waals surface area contributed by atoms with Gasteiger partial charge in [0.15, 0.2) is 0 Å². The number of hydrogen-bond acceptors (Lipinski definition) is 2. The maximum absolute atomic E-state index is 5.70. The van der Waals surface area contributed by atoms with Crippen LogP contribution in [-0.4, -0.2) is 4.99 Å². The molecule has 1 aromatic rings. The van der Waals surface area contributed by atoms with E-state index < -0.39 is 0 Å². The van der Waals surface area contributed by atoms with Crippen molar-refractivity contribution in [2.45, 2.75) is 26.7 Å². The summed E-state index contributed by atoms with van der Waals surface area (Å²) >= 11 is 6.78. The van der Waals surface area contributed by atoms with Gasteiger partial charge in [-0.25, -0.2) is 0 Å². The van der Waals surface area contributed by atoms with Crippen LogP contribution < -0.4 is 5.73 Å². The Morgan fingerprint density at radius 1 is 1.56 bits per heavy atom. The minimum atomic E-state index is 0.456. The fourth-order valence-electron chi connectivity index (χ4n) is 1.29. The van der Waals surface area contributed by atoms with Gasteiger partial charge in [0.2, 0.25) is 0 Å². The van der Waals surface area contributed by atoms with Crippen LogP contribution in [0.4, 0.5) is 0 Å². The minimum Gasteiger partial charge on any atom is -0.389 e. The number of thiophene rings is 1. The molecule has 16 heavy (non-hydrogen) atoms. The molecule has 1 aromatic heterocycles. The molecule has 0 aliphatic heterocycles. The van der Waals surface area contributed by atoms with E-state index in [2.05, 4.69) is 37.4 Å². The summed E-state index contributed by atoms with van der Waals surface area (Å²) in [7, 11) is 0. The van der Waals surface area contributed by atoms with Crippen molar-refractivity contribution in [3.05, 3.63) is 39.6 Å². The van der Waals surface area contributed by atoms with Crippen molar-refractivity contribution < 1.29 is 0 Å². The highest BCUT2D eigenvalue weighted by molar-refractivity contribution is 7.80. The van der Waals surface area contributed by atoms with Gasteiger partial charge in [-0.2, -0.15) is 0 Å². The number of nitrogens with two attached hydrogens (primary N) is 1. The van der Waals surface area contributed by atoms with Crippen LogP contribution in [-0.2, 0) is 0 Å². The van der Waals surface area contributed by atoms with E-state index in [-0.39, 0.29) is 0 Å². The molecule has 0 aromatic carbocycles. The Morgan fingerprint density at radius 3 is 2.81 bits per heavy atom. The van der Waals surface area contributed by atoms with Crippen molar-refractivity contribution in [2.24, 2.45) is 5.73 Å². The van der Waals surface area contributed by atoms with Crippen molar-refractivity contribution in [1.29, 1.82) is 0 Å². The summed E-state index contributed by atoms with van der Waals surface area (Å²) in [6.07, 6.45) is 8.39. The molecule has 0 saturated heterocycles. The maximum Gasteiger partial charge on any atom is 0.103 e. The summed E-state index contributed by atoms with van der Waals surface area (Å²) in [5, 5.41) is 2.08. The van der Waals surface area contributed by atoms with E-state index in [1.165, 1.54) is 10.4 Å². The second-order valence-corrected chi connectivity index (χ2v) is 5.15. The molecule has 0 radical (unpaired) electrons. The molecular formula is C13H17NS2. The van der Waals surface area contributed by atoms with E-state index >= 15 is 0 Å². The molecule has 0 spiro atoms. The topological polar surface area (TPSA) is 26.0 Å². The zero-order valence-corrected chi connectivity index (χ0v) is 11.3. The Morgan fingerprint density at radius 2 is 2.31 bits per heavy atom. The van der Waals surface area contributed by atoms with Crippen molar-refractivity contribution in [1.82, 2.24) is 0 Å². The lowest BCUT2D eigenvalue weighted by atomic mass is 10.1. The lowest BCUT2D eigenvalue weighted by molar-refractivity contribution is 0.958. The minimum absolute atomic E-state index is 0.456. The Kier molecular flexibility index (Phi) is 5.43. The summed E-state index contributed by atoms with van der Waals surface area (Å²) in [5.74, 6) is 0. The molecule has 0 amide bonds. The summed E-state index contributed by atoms with van der Waals surface area (Å²) < 4.78 is 0. The number of thiocarbonyl (C=S) groups is 1. The van der Waals surface area contributed by atoms with Gasteiger partial charge < -0.3 is 5.73 Å². The highest BCUT2D eigenvalue weighted by atomic mass is 32.1. The monoisotopic (exact) mass is 251 g/mol. The van der Waals surface area contributed by atoms with E-state index in [1.54, 1.807) is 11.3 Å². The molecule has 1 heterocycles. The highest BCUT2D eigenvalue weighted by Gasteiger charge is 2.00. The van der Waals surface area contributed by atoms with Crippen LogP contribution in [0.3, 0.4) is 0 Å². The largest absolute Gasteiger partial charge is 0.389 e. The molecule has 0 atom stereocenters. The summed E-state index contributed by atoms with van der Waals surface area (Å²) in [4.78, 5) is 1.75. The summed E-state index contributed by atoms with van der Waals surface area (Å²) in [6, 6.07) is 2.09. The van der Waals surface area contributed by atoms with Crippen LogP contribution in [0.2, 0.25) is 0 Å². The Balaban J connectivity index is 2.90. The standard InChI is InChI=1S/C13H17NS2/c1-3-4-5-6-12(13(14)15)9-11-7-8-16-10(11)2/h5-9H,3-4H2,1-2H3,(H2,14,15)/b6-5+,12-9+. The number of allylic oxidation sites excluding steroid dienone is 1. The van der Waals surface area contributed by atoms with Crippen LogP contribution in [0.5, 0.6) is 0 Å². The van der Waals surface area contributed by atoms with Crippen LogP contribution in [0.1, 0.15) is 30.2 Å². The van der Waals surface area contributed by atoms with Gasteiger partial charge in [0, 0.05) is 10.5 Å². The quantitative estimate of drug-likeness (QED) is 0.485. The van der Waals surface area contributed by atoms with Crippen LogP contribution in [0, 0.1) is 6.92 Å². The first-order chi connectivity index (χ1) is 7.65. The predicted octanol–water partition coefficient (Wildman–Crippen LogP) is 4.08. The fourth-order valence-corrected chi connectivity index (χ4v) is 2.10. The first-order valence-corrected chi connectivity index (χ1v) is 6.66. The van der Waals surface area contributed by atoms with E-state index in [0.717, 1.165) is 18.4 Å². The highest BCUT2D eigenvalue weighted by Crippen LogP contribution is 2.18. The molecule has 86 valence electrons. The molecule has 1 rings (SSSR count). The molecule has 3 heteroatoms. The van der Waals surface area contributed by atoms with E-state index in [4.69, 9.17) is 18.0 Å². The molecule has 1 nitrogen and oxygen atoms in total. The smallest absolute Gasteiger partial charge is 0.103 e. The van der Waals surface area contributed by atoms with Crippen molar-refractivity contribution in [3.63, 3.8) is 0 Å². The first-order valence-electron chi connectivity index (χ1n) is 5.37. The molecule has 0 aliphatic rings. The predicted molar refractivity (Wildman–Crippen MR) is 77.9 cm³/mol. The number of hydrogen-bond donors (Lipinski definition) is 1. The molecular weight excluding hydrogens is 234 g/mol. The van der Waals surface area contributed by atoms with Crippen molar-refractivity contribution in [3.8, 4) is 0 Å². The average Bonchev–Trinajstić information content (AvgIpc) is 2.63. The van der Waals surface area contributed by atoms with Gasteiger partial charge >= 0.3 is 0 Å². The second kappa shape index (κ2) is 6.61. The zero-order valence-electron chi connectivity index (χ0n) is 9.69. The first kappa shape index (κ1) is 13.1. The Bertz CT molecular complexity index is 413. The SMILES string of the molecule is CCC/C=C/C(=C\c1ccsc1C)C(N)=S. The average molecular weight is 251 g/mol. The van der Waals surface area contributed by atoms with E-state index in [9.17, 15) is 0 Å². The molecule has 2 N–H and O–H groups in total. The van der Waals surface area contributed by atoms with Gasteiger partial charge in [-0.15, -0.1) is 11.3 Å². The van der Waals surface area contributed by atoms with Gasteiger partial charge in [-0.05, 0) is 36.4 Å². The summed E-state index contributed by atoms with van der Waals surface area (Å²) in [5.41, 5.74) is 7.84. The third-order valence-corrected chi connectivity index (χ3v) is 3.34. The normalized spacial score (nSPS) is 12.2. The third-order valence-electron chi connectivity index (χ3n) is 2.25. The molecule has 0 saturated carbocycles. The molecule has 0 fully saturated rings. The lowest BCUT2D eigenvalue weighted by Gasteiger charge is -1.99.